The zero-order valence-electron chi connectivity index (χ0n) is 11.5. The Bertz CT molecular complexity index is 444. The molecule has 18 heavy (non-hydrogen) atoms. The molecule has 1 amide bonds. The fourth-order valence-electron chi connectivity index (χ4n) is 1.39. The molecule has 3 nitrogen and oxygen atoms in total. The number of para-hydroxylation sites is 1. The molecule has 1 aromatic carbocycles. The van der Waals surface area contributed by atoms with Gasteiger partial charge in [0.2, 0.25) is 0 Å². The van der Waals surface area contributed by atoms with Crippen LogP contribution in [0.15, 0.2) is 36.4 Å². The highest BCUT2D eigenvalue weighted by Crippen LogP contribution is 2.19. The van der Waals surface area contributed by atoms with E-state index in [0.717, 1.165) is 5.57 Å². The predicted octanol–water partition coefficient (Wildman–Crippen LogP) is 3.17. The first-order valence-electron chi connectivity index (χ1n) is 5.98. The quantitative estimate of drug-likeness (QED) is 0.830. The van der Waals surface area contributed by atoms with Crippen LogP contribution in [-0.2, 0) is 0 Å². The maximum absolute atomic E-state index is 12.1. The highest BCUT2D eigenvalue weighted by atomic mass is 16.5. The number of hydrogen-bond acceptors (Lipinski definition) is 2. The van der Waals surface area contributed by atoms with Crippen molar-refractivity contribution in [2.45, 2.75) is 33.2 Å². The minimum atomic E-state index is -0.265. The average molecular weight is 247 g/mol. The number of amides is 1. The van der Waals surface area contributed by atoms with Gasteiger partial charge in [0.15, 0.2) is 0 Å². The Morgan fingerprint density at radius 2 is 1.94 bits per heavy atom. The van der Waals surface area contributed by atoms with E-state index in [0.29, 0.717) is 17.9 Å². The van der Waals surface area contributed by atoms with Gasteiger partial charge in [-0.2, -0.15) is 0 Å². The molecule has 1 aromatic rings. The highest BCUT2D eigenvalue weighted by Gasteiger charge is 2.18. The maximum Gasteiger partial charge on any atom is 0.255 e. The van der Waals surface area contributed by atoms with Gasteiger partial charge in [0.25, 0.3) is 5.91 Å². The Hall–Kier alpha value is -1.77. The number of benzene rings is 1. The van der Waals surface area contributed by atoms with Crippen LogP contribution < -0.4 is 10.1 Å². The third-order valence-corrected chi connectivity index (χ3v) is 2.09. The van der Waals surface area contributed by atoms with Gasteiger partial charge in [-0.3, -0.25) is 4.79 Å². The van der Waals surface area contributed by atoms with Crippen LogP contribution in [0, 0.1) is 0 Å². The molecule has 98 valence electrons. The average Bonchev–Trinajstić information content (AvgIpc) is 2.24. The summed E-state index contributed by atoms with van der Waals surface area (Å²) < 4.78 is 5.57. The monoisotopic (exact) mass is 247 g/mol. The molecule has 0 atom stereocenters. The van der Waals surface area contributed by atoms with Gasteiger partial charge in [0, 0.05) is 5.54 Å². The third kappa shape index (κ3) is 4.62. The van der Waals surface area contributed by atoms with E-state index in [1.165, 1.54) is 0 Å². The van der Waals surface area contributed by atoms with Crippen molar-refractivity contribution in [3.05, 3.63) is 42.0 Å². The van der Waals surface area contributed by atoms with E-state index >= 15 is 0 Å². The molecule has 0 aromatic heterocycles. The van der Waals surface area contributed by atoms with Crippen molar-refractivity contribution in [2.24, 2.45) is 0 Å². The smallest absolute Gasteiger partial charge is 0.255 e. The number of nitrogens with one attached hydrogen (secondary N) is 1. The number of ether oxygens (including phenoxy) is 1. The fourth-order valence-corrected chi connectivity index (χ4v) is 1.39. The van der Waals surface area contributed by atoms with Gasteiger partial charge in [-0.1, -0.05) is 18.7 Å². The van der Waals surface area contributed by atoms with Crippen LogP contribution in [0.2, 0.25) is 0 Å². The number of hydrogen-bond donors (Lipinski definition) is 1. The molecule has 3 heteroatoms. The number of carbonyl (C=O) groups is 1. The van der Waals surface area contributed by atoms with Crippen molar-refractivity contribution < 1.29 is 9.53 Å². The lowest BCUT2D eigenvalue weighted by molar-refractivity contribution is 0.0916. The van der Waals surface area contributed by atoms with Crippen LogP contribution in [0.25, 0.3) is 0 Å². The molecule has 0 bridgehead atoms. The van der Waals surface area contributed by atoms with Crippen molar-refractivity contribution in [2.75, 3.05) is 6.61 Å². The standard InChI is InChI=1S/C15H21NO2/c1-11(2)10-18-13-9-7-6-8-12(13)14(17)16-15(3,4)5/h6-9H,1,10H2,2-5H3,(H,16,17). The zero-order valence-corrected chi connectivity index (χ0v) is 11.5. The molecule has 0 saturated heterocycles. The van der Waals surface area contributed by atoms with Crippen molar-refractivity contribution >= 4 is 5.91 Å². The summed E-state index contributed by atoms with van der Waals surface area (Å²) in [6.07, 6.45) is 0. The van der Waals surface area contributed by atoms with Gasteiger partial charge >= 0.3 is 0 Å². The minimum absolute atomic E-state index is 0.125. The molecular formula is C15H21NO2. The normalized spacial score (nSPS) is 10.9. The van der Waals surface area contributed by atoms with Gasteiger partial charge in [-0.15, -0.1) is 0 Å². The molecule has 0 saturated carbocycles. The van der Waals surface area contributed by atoms with Crippen LogP contribution in [0.5, 0.6) is 5.75 Å². The second kappa shape index (κ2) is 5.71. The van der Waals surface area contributed by atoms with E-state index in [4.69, 9.17) is 4.74 Å². The molecule has 0 heterocycles. The van der Waals surface area contributed by atoms with E-state index in [1.807, 2.05) is 39.8 Å². The second-order valence-corrected chi connectivity index (χ2v) is 5.45. The maximum atomic E-state index is 12.1. The van der Waals surface area contributed by atoms with E-state index in [9.17, 15) is 4.79 Å². The van der Waals surface area contributed by atoms with E-state index in [-0.39, 0.29) is 11.4 Å². The second-order valence-electron chi connectivity index (χ2n) is 5.45. The Morgan fingerprint density at radius 1 is 1.33 bits per heavy atom. The van der Waals surface area contributed by atoms with Crippen LogP contribution in [0.4, 0.5) is 0 Å². The Morgan fingerprint density at radius 3 is 2.50 bits per heavy atom. The summed E-state index contributed by atoms with van der Waals surface area (Å²) in [6.45, 7) is 11.9. The molecule has 0 radical (unpaired) electrons. The van der Waals surface area contributed by atoms with Gasteiger partial charge in [-0.25, -0.2) is 0 Å². The van der Waals surface area contributed by atoms with Crippen molar-refractivity contribution in [3.63, 3.8) is 0 Å². The molecule has 0 spiro atoms. The summed E-state index contributed by atoms with van der Waals surface area (Å²) in [6, 6.07) is 7.22. The molecule has 0 aliphatic rings. The Labute approximate surface area is 109 Å². The lowest BCUT2D eigenvalue weighted by Crippen LogP contribution is -2.40. The van der Waals surface area contributed by atoms with Crippen molar-refractivity contribution in [1.82, 2.24) is 5.32 Å². The molecule has 0 fully saturated rings. The zero-order chi connectivity index (χ0) is 13.8. The van der Waals surface area contributed by atoms with Gasteiger partial charge < -0.3 is 10.1 Å². The van der Waals surface area contributed by atoms with Crippen molar-refractivity contribution in [3.8, 4) is 5.75 Å². The largest absolute Gasteiger partial charge is 0.488 e. The molecule has 0 aliphatic heterocycles. The van der Waals surface area contributed by atoms with E-state index < -0.39 is 0 Å². The SMILES string of the molecule is C=C(C)COc1ccccc1C(=O)NC(C)(C)C. The Kier molecular flexibility index (Phi) is 4.54. The lowest BCUT2D eigenvalue weighted by atomic mass is 10.1. The Balaban J connectivity index is 2.87. The summed E-state index contributed by atoms with van der Waals surface area (Å²) in [5, 5.41) is 2.92. The number of rotatable bonds is 4. The van der Waals surface area contributed by atoms with Gasteiger partial charge in [0.05, 0.1) is 5.56 Å². The summed E-state index contributed by atoms with van der Waals surface area (Å²) in [5.74, 6) is 0.460. The molecule has 0 unspecified atom stereocenters. The van der Waals surface area contributed by atoms with E-state index in [2.05, 4.69) is 11.9 Å². The van der Waals surface area contributed by atoms with Gasteiger partial charge in [-0.05, 0) is 45.4 Å². The fraction of sp³-hybridized carbons (Fsp3) is 0.400. The van der Waals surface area contributed by atoms with Crippen LogP contribution in [0.3, 0.4) is 0 Å². The van der Waals surface area contributed by atoms with Crippen molar-refractivity contribution in [1.29, 1.82) is 0 Å². The summed E-state index contributed by atoms with van der Waals surface area (Å²) >= 11 is 0. The molecule has 1 rings (SSSR count). The minimum Gasteiger partial charge on any atom is -0.488 e. The summed E-state index contributed by atoms with van der Waals surface area (Å²) in [5.41, 5.74) is 1.20. The van der Waals surface area contributed by atoms with Gasteiger partial charge in [0.1, 0.15) is 12.4 Å². The third-order valence-electron chi connectivity index (χ3n) is 2.09. The van der Waals surface area contributed by atoms with E-state index in [1.54, 1.807) is 12.1 Å². The van der Waals surface area contributed by atoms with Crippen LogP contribution in [0.1, 0.15) is 38.1 Å². The van der Waals surface area contributed by atoms with Crippen LogP contribution >= 0.6 is 0 Å². The first-order chi connectivity index (χ1) is 8.29. The predicted molar refractivity (Wildman–Crippen MR) is 74.0 cm³/mol. The lowest BCUT2D eigenvalue weighted by Gasteiger charge is -2.21. The first-order valence-corrected chi connectivity index (χ1v) is 5.98. The highest BCUT2D eigenvalue weighted by molar-refractivity contribution is 5.97. The summed E-state index contributed by atoms with van der Waals surface area (Å²) in [4.78, 5) is 12.1. The number of carbonyl (C=O) groups excluding carboxylic acids is 1. The topological polar surface area (TPSA) is 38.3 Å². The van der Waals surface area contributed by atoms with Crippen LogP contribution in [-0.4, -0.2) is 18.1 Å². The molecular weight excluding hydrogens is 226 g/mol. The molecule has 1 N–H and O–H groups in total. The molecule has 0 aliphatic carbocycles. The summed E-state index contributed by atoms with van der Waals surface area (Å²) in [7, 11) is 0. The first kappa shape index (κ1) is 14.3.